The minimum Gasteiger partial charge on any atom is -0.388 e. The van der Waals surface area contributed by atoms with Crippen LogP contribution in [-0.2, 0) is 9.30 Å². The monoisotopic (exact) mass is 488 g/mol. The molecule has 2 unspecified atom stereocenters. The lowest BCUT2D eigenvalue weighted by Crippen LogP contribution is -2.53. The number of rotatable bonds is 6. The molecule has 5 atom stereocenters. The minimum atomic E-state index is -4.26. The number of piperidine rings is 3. The molecule has 6 heterocycles. The zero-order valence-electron chi connectivity index (χ0n) is 17.2. The normalized spacial score (nSPS) is 35.0. The number of nitrogens with one attached hydrogen (secondary N) is 1. The Labute approximate surface area is 188 Å². The highest BCUT2D eigenvalue weighted by molar-refractivity contribution is 7.51. The van der Waals surface area contributed by atoms with Crippen molar-refractivity contribution in [2.24, 2.45) is 5.92 Å². The number of aromatic nitrogens is 4. The molecule has 12 nitrogen and oxygen atoms in total. The molecule has 32 heavy (non-hydrogen) atoms. The Kier molecular flexibility index (Phi) is 5.92. The van der Waals surface area contributed by atoms with Crippen molar-refractivity contribution in [2.45, 2.75) is 49.8 Å². The van der Waals surface area contributed by atoms with Crippen molar-refractivity contribution < 1.29 is 29.3 Å². The van der Waals surface area contributed by atoms with E-state index in [0.29, 0.717) is 22.9 Å². The van der Waals surface area contributed by atoms with Gasteiger partial charge in [0, 0.05) is 12.6 Å². The number of aliphatic hydroxyl groups is 2. The quantitative estimate of drug-likeness (QED) is 0.278. The average molecular weight is 489 g/mol. The maximum Gasteiger partial charge on any atom is 0.325 e. The van der Waals surface area contributed by atoms with E-state index in [4.69, 9.17) is 26.1 Å². The second-order valence-electron chi connectivity index (χ2n) is 8.78. The Morgan fingerprint density at radius 1 is 1.22 bits per heavy atom. The Morgan fingerprint density at radius 2 is 1.97 bits per heavy atom. The molecule has 2 aromatic heterocycles. The van der Waals surface area contributed by atoms with Crippen molar-refractivity contribution in [1.29, 1.82) is 0 Å². The largest absolute Gasteiger partial charge is 0.388 e. The van der Waals surface area contributed by atoms with Crippen LogP contribution >= 0.6 is 19.2 Å². The molecule has 176 valence electrons. The van der Waals surface area contributed by atoms with E-state index in [2.05, 4.69) is 25.2 Å². The predicted molar refractivity (Wildman–Crippen MR) is 114 cm³/mol. The summed E-state index contributed by atoms with van der Waals surface area (Å²) < 4.78 is 18.4. The van der Waals surface area contributed by atoms with Gasteiger partial charge < -0.3 is 35.0 Å². The van der Waals surface area contributed by atoms with Crippen LogP contribution in [0.5, 0.6) is 0 Å². The molecular formula is C18H26ClN6O6P. The maximum atomic E-state index is 11.2. The highest BCUT2D eigenvalue weighted by Gasteiger charge is 2.45. The molecule has 5 N–H and O–H groups in total. The van der Waals surface area contributed by atoms with Gasteiger partial charge in [0.1, 0.15) is 12.2 Å². The van der Waals surface area contributed by atoms with Gasteiger partial charge in [-0.05, 0) is 49.9 Å². The first-order chi connectivity index (χ1) is 15.2. The van der Waals surface area contributed by atoms with E-state index < -0.39 is 38.3 Å². The molecule has 0 radical (unpaired) electrons. The molecule has 2 aromatic rings. The number of imidazole rings is 1. The van der Waals surface area contributed by atoms with Crippen LogP contribution in [-0.4, -0.2) is 94.6 Å². The second-order valence-corrected chi connectivity index (χ2v) is 10.9. The van der Waals surface area contributed by atoms with Gasteiger partial charge in [0.05, 0.1) is 18.6 Å². The number of fused-ring (bicyclic) bond motifs is 4. The predicted octanol–water partition coefficient (Wildman–Crippen LogP) is 0.173. The molecule has 4 aliphatic heterocycles. The van der Waals surface area contributed by atoms with Crippen molar-refractivity contribution in [2.75, 3.05) is 31.1 Å². The van der Waals surface area contributed by atoms with Crippen LogP contribution in [0.15, 0.2) is 6.33 Å². The minimum absolute atomic E-state index is 0.00843. The Bertz CT molecular complexity index is 1040. The molecule has 14 heteroatoms. The van der Waals surface area contributed by atoms with Gasteiger partial charge in [-0.15, -0.1) is 0 Å². The lowest BCUT2D eigenvalue weighted by molar-refractivity contribution is -0.0355. The average Bonchev–Trinajstić information content (AvgIpc) is 3.28. The van der Waals surface area contributed by atoms with E-state index >= 15 is 0 Å². The summed E-state index contributed by atoms with van der Waals surface area (Å²) in [7, 11) is -4.26. The molecular weight excluding hydrogens is 463 g/mol. The number of anilines is 1. The van der Waals surface area contributed by atoms with Gasteiger partial charge in [-0.2, -0.15) is 9.97 Å². The summed E-state index contributed by atoms with van der Waals surface area (Å²) in [6.45, 7) is 3.14. The van der Waals surface area contributed by atoms with Crippen LogP contribution in [0.3, 0.4) is 0 Å². The molecule has 4 fully saturated rings. The third-order valence-corrected chi connectivity index (χ3v) is 7.70. The van der Waals surface area contributed by atoms with E-state index in [9.17, 15) is 14.8 Å². The molecule has 0 aliphatic carbocycles. The van der Waals surface area contributed by atoms with E-state index in [1.54, 1.807) is 0 Å². The van der Waals surface area contributed by atoms with Crippen LogP contribution in [0.25, 0.3) is 11.2 Å². The molecule has 4 aliphatic rings. The molecule has 0 saturated carbocycles. The SMILES string of the molecule is O=P(O)(O)CC[C@H]1O[C@@H](n2cnc3c(NC4CN5CCC4CC5)nc(Cl)nc32)[C@@H](O)C1O. The van der Waals surface area contributed by atoms with Gasteiger partial charge in [-0.25, -0.2) is 4.98 Å². The first-order valence-corrected chi connectivity index (χ1v) is 12.8. The number of hydrogen-bond acceptors (Lipinski definition) is 9. The van der Waals surface area contributed by atoms with Crippen molar-refractivity contribution in [3.8, 4) is 0 Å². The summed E-state index contributed by atoms with van der Waals surface area (Å²) in [5.74, 6) is 1.05. The lowest BCUT2D eigenvalue weighted by Gasteiger charge is -2.45. The summed E-state index contributed by atoms with van der Waals surface area (Å²) in [6.07, 6.45) is -1.49. The highest BCUT2D eigenvalue weighted by Crippen LogP contribution is 2.40. The third kappa shape index (κ3) is 4.26. The number of ether oxygens (including phenoxy) is 1. The van der Waals surface area contributed by atoms with Gasteiger partial charge >= 0.3 is 7.60 Å². The maximum absolute atomic E-state index is 11.2. The van der Waals surface area contributed by atoms with E-state index in [0.717, 1.165) is 32.5 Å². The summed E-state index contributed by atoms with van der Waals surface area (Å²) in [4.78, 5) is 33.6. The first kappa shape index (κ1) is 22.4. The van der Waals surface area contributed by atoms with E-state index in [-0.39, 0.29) is 17.7 Å². The Hall–Kier alpha value is -1.37. The van der Waals surface area contributed by atoms with Gasteiger partial charge in [0.25, 0.3) is 0 Å². The summed E-state index contributed by atoms with van der Waals surface area (Å²) >= 11 is 6.20. The van der Waals surface area contributed by atoms with Crippen molar-refractivity contribution in [3.63, 3.8) is 0 Å². The molecule has 4 saturated heterocycles. The van der Waals surface area contributed by atoms with Crippen LogP contribution < -0.4 is 5.32 Å². The van der Waals surface area contributed by atoms with Gasteiger partial charge in [-0.3, -0.25) is 9.13 Å². The third-order valence-electron chi connectivity index (χ3n) is 6.69. The Balaban J connectivity index is 1.40. The topological polar surface area (TPSA) is 166 Å². The van der Waals surface area contributed by atoms with Crippen molar-refractivity contribution in [1.82, 2.24) is 24.4 Å². The van der Waals surface area contributed by atoms with Crippen LogP contribution in [0.4, 0.5) is 5.82 Å². The van der Waals surface area contributed by atoms with Crippen molar-refractivity contribution in [3.05, 3.63) is 11.6 Å². The van der Waals surface area contributed by atoms with Gasteiger partial charge in [0.2, 0.25) is 5.28 Å². The fraction of sp³-hybridized carbons (Fsp3) is 0.722. The van der Waals surface area contributed by atoms with Crippen LogP contribution in [0.2, 0.25) is 5.28 Å². The molecule has 0 amide bonds. The second kappa shape index (κ2) is 8.44. The standard InChI is InChI=1S/C18H26ClN6O6P/c19-18-22-15(21-10-7-24-4-1-9(10)2-5-24)12-16(23-18)25(8-20-12)17-14(27)13(26)11(31-17)3-6-32(28,29)30/h8-11,13-14,17,26-27H,1-7H2,(H,21,22,23)(H2,28,29,30)/t10?,11-,13?,14+,17-/m1/s1. The van der Waals surface area contributed by atoms with Crippen molar-refractivity contribution >= 4 is 36.2 Å². The smallest absolute Gasteiger partial charge is 0.325 e. The zero-order chi connectivity index (χ0) is 22.6. The molecule has 2 bridgehead atoms. The number of aliphatic hydroxyl groups excluding tert-OH is 2. The number of halogens is 1. The fourth-order valence-corrected chi connectivity index (χ4v) is 5.73. The Morgan fingerprint density at radius 3 is 2.62 bits per heavy atom. The van der Waals surface area contributed by atoms with Crippen LogP contribution in [0, 0.1) is 5.92 Å². The number of hydrogen-bond donors (Lipinski definition) is 5. The molecule has 0 aromatic carbocycles. The molecule has 6 rings (SSSR count). The summed E-state index contributed by atoms with van der Waals surface area (Å²) in [5, 5.41) is 24.4. The summed E-state index contributed by atoms with van der Waals surface area (Å²) in [5.41, 5.74) is 0.801. The summed E-state index contributed by atoms with van der Waals surface area (Å²) in [6, 6.07) is 0.226. The van der Waals surface area contributed by atoms with Gasteiger partial charge in [0.15, 0.2) is 23.2 Å². The van der Waals surface area contributed by atoms with E-state index in [1.807, 2.05) is 0 Å². The first-order valence-electron chi connectivity index (χ1n) is 10.6. The fourth-order valence-electron chi connectivity index (χ4n) is 4.97. The van der Waals surface area contributed by atoms with Gasteiger partial charge in [-0.1, -0.05) is 0 Å². The zero-order valence-corrected chi connectivity index (χ0v) is 18.8. The lowest BCUT2D eigenvalue weighted by atomic mass is 9.84. The number of nitrogens with zero attached hydrogens (tertiary/aromatic N) is 5. The van der Waals surface area contributed by atoms with E-state index in [1.165, 1.54) is 10.9 Å². The molecule has 0 spiro atoms. The highest BCUT2D eigenvalue weighted by atomic mass is 35.5. The van der Waals surface area contributed by atoms with Crippen LogP contribution in [0.1, 0.15) is 25.5 Å².